The molecular weight excluding hydrogens is 321 g/mol. The largest absolute Gasteiger partial charge is 0.465 e. The Morgan fingerprint density at radius 2 is 2.18 bits per heavy atom. The maximum absolute atomic E-state index is 12.1. The summed E-state index contributed by atoms with van der Waals surface area (Å²) in [6, 6.07) is 2.61. The Bertz CT molecular complexity index is 426. The Morgan fingerprint density at radius 1 is 1.53 bits per heavy atom. The predicted molar refractivity (Wildman–Crippen MR) is 61.7 cm³/mol. The van der Waals surface area contributed by atoms with E-state index in [1.165, 1.54) is 19.2 Å². The highest BCUT2D eigenvalue weighted by Crippen LogP contribution is 2.31. The van der Waals surface area contributed by atoms with Crippen molar-refractivity contribution in [2.45, 2.75) is 12.5 Å². The summed E-state index contributed by atoms with van der Waals surface area (Å²) in [5.41, 5.74) is 0.563. The number of ether oxygens (including phenoxy) is 2. The first-order valence-corrected chi connectivity index (χ1v) is 5.73. The van der Waals surface area contributed by atoms with Gasteiger partial charge in [-0.3, -0.25) is 0 Å². The zero-order valence-electron chi connectivity index (χ0n) is 8.68. The number of alkyl halides is 3. The third-order valence-corrected chi connectivity index (χ3v) is 2.83. The van der Waals surface area contributed by atoms with Crippen LogP contribution >= 0.6 is 27.5 Å². The summed E-state index contributed by atoms with van der Waals surface area (Å²) in [6.07, 6.45) is 0. The van der Waals surface area contributed by atoms with Crippen molar-refractivity contribution in [1.82, 2.24) is 0 Å². The fourth-order valence-electron chi connectivity index (χ4n) is 1.19. The first kappa shape index (κ1) is 14.2. The van der Waals surface area contributed by atoms with Crippen LogP contribution in [0.4, 0.5) is 8.78 Å². The molecule has 0 N–H and O–H groups in total. The normalized spacial score (nSPS) is 10.5. The topological polar surface area (TPSA) is 35.5 Å². The van der Waals surface area contributed by atoms with Gasteiger partial charge in [0, 0.05) is 5.88 Å². The van der Waals surface area contributed by atoms with Gasteiger partial charge in [-0.05, 0) is 33.6 Å². The van der Waals surface area contributed by atoms with E-state index in [2.05, 4.69) is 25.4 Å². The fourth-order valence-corrected chi connectivity index (χ4v) is 1.85. The maximum atomic E-state index is 12.1. The second-order valence-corrected chi connectivity index (χ2v) is 4.07. The molecule has 0 radical (unpaired) electrons. The molecule has 3 nitrogen and oxygen atoms in total. The molecule has 0 aromatic heterocycles. The highest BCUT2D eigenvalue weighted by molar-refractivity contribution is 9.10. The molecule has 0 saturated heterocycles. The molecule has 0 aliphatic carbocycles. The molecule has 0 amide bonds. The fraction of sp³-hybridized carbons (Fsp3) is 0.300. The molecule has 94 valence electrons. The number of benzene rings is 1. The molecule has 0 aliphatic rings. The van der Waals surface area contributed by atoms with E-state index in [0.29, 0.717) is 5.56 Å². The summed E-state index contributed by atoms with van der Waals surface area (Å²) < 4.78 is 33.2. The van der Waals surface area contributed by atoms with Crippen LogP contribution in [0, 0.1) is 0 Å². The number of halogens is 4. The van der Waals surface area contributed by atoms with Crippen molar-refractivity contribution >= 4 is 33.5 Å². The van der Waals surface area contributed by atoms with Gasteiger partial charge in [-0.15, -0.1) is 11.6 Å². The average Bonchev–Trinajstić information content (AvgIpc) is 2.29. The second kappa shape index (κ2) is 6.16. The third-order valence-electron chi connectivity index (χ3n) is 1.92. The lowest BCUT2D eigenvalue weighted by atomic mass is 10.1. The Balaban J connectivity index is 3.19. The van der Waals surface area contributed by atoms with Crippen LogP contribution in [0.3, 0.4) is 0 Å². The van der Waals surface area contributed by atoms with Crippen LogP contribution in [0.25, 0.3) is 0 Å². The predicted octanol–water partition coefficient (Wildman–Crippen LogP) is 3.58. The van der Waals surface area contributed by atoms with Crippen LogP contribution in [-0.2, 0) is 10.6 Å². The van der Waals surface area contributed by atoms with Gasteiger partial charge in [0.05, 0.1) is 17.1 Å². The van der Waals surface area contributed by atoms with Crippen molar-refractivity contribution in [1.29, 1.82) is 0 Å². The summed E-state index contributed by atoms with van der Waals surface area (Å²) in [6.45, 7) is -2.95. The van der Waals surface area contributed by atoms with E-state index in [-0.39, 0.29) is 21.7 Å². The van der Waals surface area contributed by atoms with Crippen molar-refractivity contribution in [2.75, 3.05) is 7.11 Å². The molecule has 7 heteroatoms. The second-order valence-electron chi connectivity index (χ2n) is 2.94. The van der Waals surface area contributed by atoms with E-state index in [1.807, 2.05) is 0 Å². The number of carbonyl (C=O) groups is 1. The van der Waals surface area contributed by atoms with Crippen LogP contribution in [0.1, 0.15) is 15.9 Å². The lowest BCUT2D eigenvalue weighted by Crippen LogP contribution is -2.08. The highest BCUT2D eigenvalue weighted by atomic mass is 79.9. The van der Waals surface area contributed by atoms with Crippen molar-refractivity contribution in [3.63, 3.8) is 0 Å². The molecule has 0 bridgehead atoms. The van der Waals surface area contributed by atoms with E-state index >= 15 is 0 Å². The molecule has 0 fully saturated rings. The first-order chi connectivity index (χ1) is 7.99. The van der Waals surface area contributed by atoms with Gasteiger partial charge in [0.1, 0.15) is 5.75 Å². The minimum Gasteiger partial charge on any atom is -0.465 e. The van der Waals surface area contributed by atoms with Crippen molar-refractivity contribution in [3.05, 3.63) is 27.7 Å². The van der Waals surface area contributed by atoms with E-state index in [9.17, 15) is 13.6 Å². The smallest absolute Gasteiger partial charge is 0.387 e. The Morgan fingerprint density at radius 3 is 2.65 bits per heavy atom. The van der Waals surface area contributed by atoms with Gasteiger partial charge in [-0.2, -0.15) is 8.78 Å². The molecule has 0 heterocycles. The average molecular weight is 330 g/mol. The zero-order chi connectivity index (χ0) is 13.0. The Kier molecular flexibility index (Phi) is 5.14. The van der Waals surface area contributed by atoms with Gasteiger partial charge in [0.2, 0.25) is 0 Å². The zero-order valence-corrected chi connectivity index (χ0v) is 11.0. The number of esters is 1. The molecule has 17 heavy (non-hydrogen) atoms. The standard InChI is InChI=1S/C10H8BrClF2O3/c1-16-9(15)6-3-7(11)8(17-10(13)14)2-5(6)4-12/h2-3,10H,4H2,1H3. The minimum atomic E-state index is -2.95. The highest BCUT2D eigenvalue weighted by Gasteiger charge is 2.17. The minimum absolute atomic E-state index is 0.0166. The lowest BCUT2D eigenvalue weighted by molar-refractivity contribution is -0.0503. The van der Waals surface area contributed by atoms with Gasteiger partial charge in [0.25, 0.3) is 0 Å². The number of carbonyl (C=O) groups excluding carboxylic acids is 1. The van der Waals surface area contributed by atoms with Crippen LogP contribution in [0.5, 0.6) is 5.75 Å². The summed E-state index contributed by atoms with van der Waals surface area (Å²) in [5.74, 6) is -0.689. The molecule has 0 unspecified atom stereocenters. The third kappa shape index (κ3) is 3.54. The van der Waals surface area contributed by atoms with E-state index < -0.39 is 12.6 Å². The molecular formula is C10H8BrClF2O3. The van der Waals surface area contributed by atoms with Gasteiger partial charge < -0.3 is 9.47 Å². The lowest BCUT2D eigenvalue weighted by Gasteiger charge is -2.11. The van der Waals surface area contributed by atoms with Crippen molar-refractivity contribution < 1.29 is 23.0 Å². The molecule has 0 spiro atoms. The summed E-state index contributed by atoms with van der Waals surface area (Å²) in [7, 11) is 1.22. The quantitative estimate of drug-likeness (QED) is 0.626. The molecule has 0 atom stereocenters. The first-order valence-electron chi connectivity index (χ1n) is 4.41. The summed E-state index contributed by atoms with van der Waals surface area (Å²) >= 11 is 8.66. The van der Waals surface area contributed by atoms with Gasteiger partial charge in [-0.1, -0.05) is 0 Å². The van der Waals surface area contributed by atoms with Gasteiger partial charge in [-0.25, -0.2) is 4.79 Å². The Labute approximate surface area is 110 Å². The van der Waals surface area contributed by atoms with E-state index in [4.69, 9.17) is 11.6 Å². The SMILES string of the molecule is COC(=O)c1cc(Br)c(OC(F)F)cc1CCl. The molecule has 1 aromatic rings. The maximum Gasteiger partial charge on any atom is 0.387 e. The Hall–Kier alpha value is -0.880. The molecule has 0 aliphatic heterocycles. The van der Waals surface area contributed by atoms with E-state index in [1.54, 1.807) is 0 Å². The number of rotatable bonds is 4. The van der Waals surface area contributed by atoms with E-state index in [0.717, 1.165) is 0 Å². The number of hydrogen-bond donors (Lipinski definition) is 0. The van der Waals surface area contributed by atoms with Crippen molar-refractivity contribution in [3.8, 4) is 5.75 Å². The molecule has 1 rings (SSSR count). The number of hydrogen-bond acceptors (Lipinski definition) is 3. The monoisotopic (exact) mass is 328 g/mol. The van der Waals surface area contributed by atoms with Crippen LogP contribution in [0.15, 0.2) is 16.6 Å². The summed E-state index contributed by atoms with van der Waals surface area (Å²) in [4.78, 5) is 11.4. The number of methoxy groups -OCH3 is 1. The van der Waals surface area contributed by atoms with Crippen molar-refractivity contribution in [2.24, 2.45) is 0 Å². The molecule has 1 aromatic carbocycles. The van der Waals surface area contributed by atoms with Crippen LogP contribution < -0.4 is 4.74 Å². The molecule has 0 saturated carbocycles. The van der Waals surface area contributed by atoms with Crippen LogP contribution in [-0.4, -0.2) is 19.7 Å². The summed E-state index contributed by atoms with van der Waals surface area (Å²) in [5, 5.41) is 0. The van der Waals surface area contributed by atoms with Gasteiger partial charge >= 0.3 is 12.6 Å². The van der Waals surface area contributed by atoms with Crippen LogP contribution in [0.2, 0.25) is 0 Å². The van der Waals surface area contributed by atoms with Gasteiger partial charge in [0.15, 0.2) is 0 Å².